The van der Waals surface area contributed by atoms with Crippen molar-refractivity contribution in [3.63, 3.8) is 0 Å². The molecular weight excluding hydrogens is 260 g/mol. The van der Waals surface area contributed by atoms with Gasteiger partial charge in [0.1, 0.15) is 10.9 Å². The van der Waals surface area contributed by atoms with Gasteiger partial charge in [-0.15, -0.1) is 0 Å². The molecule has 0 aliphatic carbocycles. The normalized spacial score (nSPS) is 9.76. The number of nitriles is 1. The van der Waals surface area contributed by atoms with Crippen molar-refractivity contribution in [1.82, 2.24) is 9.88 Å². The van der Waals surface area contributed by atoms with Gasteiger partial charge < -0.3 is 10.2 Å². The number of anilines is 1. The molecule has 1 N–H and O–H groups in total. The van der Waals surface area contributed by atoms with Crippen molar-refractivity contribution >= 4 is 34.0 Å². The zero-order valence-corrected chi connectivity index (χ0v) is 11.2. The Balaban J connectivity index is 2.56. The van der Waals surface area contributed by atoms with Gasteiger partial charge in [0, 0.05) is 13.1 Å². The average Bonchev–Trinajstić information content (AvgIpc) is 2.69. The van der Waals surface area contributed by atoms with E-state index in [2.05, 4.69) is 10.3 Å². The van der Waals surface area contributed by atoms with Gasteiger partial charge in [-0.2, -0.15) is 5.26 Å². The highest BCUT2D eigenvalue weighted by atomic mass is 35.5. The molecule has 0 radical (unpaired) electrons. The first kappa shape index (κ1) is 13.7. The van der Waals surface area contributed by atoms with Crippen molar-refractivity contribution in [2.24, 2.45) is 0 Å². The first-order valence-corrected chi connectivity index (χ1v) is 6.39. The number of carbonyl (C=O) groups is 1. The van der Waals surface area contributed by atoms with Gasteiger partial charge in [-0.05, 0) is 13.8 Å². The lowest BCUT2D eigenvalue weighted by atomic mass is 10.4. The van der Waals surface area contributed by atoms with Crippen LogP contribution in [0.3, 0.4) is 0 Å². The molecule has 1 amide bonds. The first-order chi connectivity index (χ1) is 8.12. The van der Waals surface area contributed by atoms with E-state index in [-0.39, 0.29) is 17.6 Å². The molecule has 1 rings (SSSR count). The lowest BCUT2D eigenvalue weighted by molar-refractivity contribution is -0.128. The Morgan fingerprint density at radius 2 is 2.24 bits per heavy atom. The molecule has 0 unspecified atom stereocenters. The number of thiazole rings is 1. The smallest absolute Gasteiger partial charge is 0.241 e. The fourth-order valence-electron chi connectivity index (χ4n) is 1.29. The number of hydrogen-bond donors (Lipinski definition) is 1. The summed E-state index contributed by atoms with van der Waals surface area (Å²) in [6.45, 7) is 5.37. The van der Waals surface area contributed by atoms with Crippen LogP contribution < -0.4 is 5.32 Å². The van der Waals surface area contributed by atoms with Crippen molar-refractivity contribution in [3.05, 3.63) is 10.0 Å². The number of likely N-dealkylation sites (N-methyl/N-ethyl adjacent to an activating group) is 1. The van der Waals surface area contributed by atoms with Crippen molar-refractivity contribution < 1.29 is 4.79 Å². The van der Waals surface area contributed by atoms with E-state index in [1.54, 1.807) is 4.90 Å². The number of carbonyl (C=O) groups excluding carboxylic acids is 1. The minimum absolute atomic E-state index is 0.000157. The highest BCUT2D eigenvalue weighted by Crippen LogP contribution is 2.25. The molecule has 1 heterocycles. The third-order valence-electron chi connectivity index (χ3n) is 2.19. The number of rotatable bonds is 5. The van der Waals surface area contributed by atoms with E-state index in [1.165, 1.54) is 0 Å². The SMILES string of the molecule is CCN(CC)C(=O)CNc1nc(Cl)c(C#N)s1. The maximum absolute atomic E-state index is 11.7. The first-order valence-electron chi connectivity index (χ1n) is 5.20. The summed E-state index contributed by atoms with van der Waals surface area (Å²) < 4.78 is 0. The molecule has 0 aliphatic heterocycles. The highest BCUT2D eigenvalue weighted by molar-refractivity contribution is 7.16. The van der Waals surface area contributed by atoms with Crippen molar-refractivity contribution in [3.8, 4) is 6.07 Å². The molecule has 0 saturated heterocycles. The van der Waals surface area contributed by atoms with Gasteiger partial charge in [0.15, 0.2) is 10.3 Å². The minimum atomic E-state index is -0.000157. The number of amides is 1. The van der Waals surface area contributed by atoms with E-state index in [9.17, 15) is 4.79 Å². The molecule has 0 spiro atoms. The maximum Gasteiger partial charge on any atom is 0.241 e. The van der Waals surface area contributed by atoms with Crippen LogP contribution in [0.1, 0.15) is 18.7 Å². The second-order valence-electron chi connectivity index (χ2n) is 3.17. The van der Waals surface area contributed by atoms with E-state index in [0.717, 1.165) is 11.3 Å². The molecule has 17 heavy (non-hydrogen) atoms. The van der Waals surface area contributed by atoms with Gasteiger partial charge >= 0.3 is 0 Å². The number of nitrogens with zero attached hydrogens (tertiary/aromatic N) is 3. The molecule has 0 bridgehead atoms. The molecule has 0 atom stereocenters. The average molecular weight is 273 g/mol. The fourth-order valence-corrected chi connectivity index (χ4v) is 2.23. The van der Waals surface area contributed by atoms with Gasteiger partial charge in [-0.1, -0.05) is 22.9 Å². The molecular formula is C10H13ClN4OS. The Bertz CT molecular complexity index is 436. The van der Waals surface area contributed by atoms with Crippen LogP contribution in [0.15, 0.2) is 0 Å². The van der Waals surface area contributed by atoms with Gasteiger partial charge in [0.2, 0.25) is 5.91 Å². The Kier molecular flexibility index (Phi) is 5.19. The quantitative estimate of drug-likeness (QED) is 0.889. The summed E-state index contributed by atoms with van der Waals surface area (Å²) >= 11 is 6.86. The Hall–Kier alpha value is -1.32. The van der Waals surface area contributed by atoms with Crippen molar-refractivity contribution in [2.75, 3.05) is 25.0 Å². The summed E-state index contributed by atoms with van der Waals surface area (Å²) in [5, 5.41) is 12.2. The second kappa shape index (κ2) is 6.42. The molecule has 92 valence electrons. The fraction of sp³-hybridized carbons (Fsp3) is 0.500. The summed E-state index contributed by atoms with van der Waals surface area (Å²) in [5.41, 5.74) is 0. The summed E-state index contributed by atoms with van der Waals surface area (Å²) in [5.74, 6) is -0.000157. The van der Waals surface area contributed by atoms with E-state index >= 15 is 0 Å². The molecule has 0 aromatic carbocycles. The second-order valence-corrected chi connectivity index (χ2v) is 4.53. The van der Waals surface area contributed by atoms with Gasteiger partial charge in [0.25, 0.3) is 0 Å². The van der Waals surface area contributed by atoms with E-state index in [1.807, 2.05) is 19.9 Å². The molecule has 1 aromatic rings. The van der Waals surface area contributed by atoms with E-state index in [0.29, 0.717) is 23.1 Å². The Labute approximate surface area is 109 Å². The topological polar surface area (TPSA) is 69.0 Å². The maximum atomic E-state index is 11.7. The predicted molar refractivity (Wildman–Crippen MR) is 68.3 cm³/mol. The van der Waals surface area contributed by atoms with Crippen LogP contribution in [0.2, 0.25) is 5.15 Å². The van der Waals surface area contributed by atoms with Crippen LogP contribution in [-0.4, -0.2) is 35.4 Å². The van der Waals surface area contributed by atoms with Gasteiger partial charge in [-0.25, -0.2) is 4.98 Å². The highest BCUT2D eigenvalue weighted by Gasteiger charge is 2.12. The lowest BCUT2D eigenvalue weighted by Gasteiger charge is -2.18. The molecule has 0 fully saturated rings. The van der Waals surface area contributed by atoms with Crippen molar-refractivity contribution in [1.29, 1.82) is 5.26 Å². The predicted octanol–water partition coefficient (Wildman–Crippen LogP) is 1.95. The molecule has 0 saturated carbocycles. The van der Waals surface area contributed by atoms with Crippen LogP contribution in [-0.2, 0) is 4.79 Å². The monoisotopic (exact) mass is 272 g/mol. The molecule has 7 heteroatoms. The van der Waals surface area contributed by atoms with Crippen LogP contribution >= 0.6 is 22.9 Å². The largest absolute Gasteiger partial charge is 0.352 e. The zero-order chi connectivity index (χ0) is 12.8. The van der Waals surface area contributed by atoms with Gasteiger partial charge in [0.05, 0.1) is 6.54 Å². The standard InChI is InChI=1S/C10H13ClN4OS/c1-3-15(4-2)8(16)6-13-10-14-9(11)7(5-12)17-10/h3-4,6H2,1-2H3,(H,13,14). The Morgan fingerprint density at radius 1 is 1.59 bits per heavy atom. The van der Waals surface area contributed by atoms with Crippen LogP contribution in [0.5, 0.6) is 0 Å². The summed E-state index contributed by atoms with van der Waals surface area (Å²) in [4.78, 5) is 17.7. The van der Waals surface area contributed by atoms with E-state index in [4.69, 9.17) is 16.9 Å². The zero-order valence-electron chi connectivity index (χ0n) is 9.66. The lowest BCUT2D eigenvalue weighted by Crippen LogP contribution is -2.35. The third-order valence-corrected chi connectivity index (χ3v) is 3.50. The molecule has 1 aromatic heterocycles. The van der Waals surface area contributed by atoms with Crippen LogP contribution in [0.4, 0.5) is 5.13 Å². The van der Waals surface area contributed by atoms with Crippen molar-refractivity contribution in [2.45, 2.75) is 13.8 Å². The Morgan fingerprint density at radius 3 is 2.71 bits per heavy atom. The number of aromatic nitrogens is 1. The minimum Gasteiger partial charge on any atom is -0.352 e. The van der Waals surface area contributed by atoms with E-state index < -0.39 is 0 Å². The summed E-state index contributed by atoms with van der Waals surface area (Å²) in [6.07, 6.45) is 0. The van der Waals surface area contributed by atoms with Crippen LogP contribution in [0.25, 0.3) is 0 Å². The van der Waals surface area contributed by atoms with Gasteiger partial charge in [-0.3, -0.25) is 4.79 Å². The molecule has 5 nitrogen and oxygen atoms in total. The summed E-state index contributed by atoms with van der Waals surface area (Å²) in [7, 11) is 0. The third kappa shape index (κ3) is 3.58. The summed E-state index contributed by atoms with van der Waals surface area (Å²) in [6, 6.07) is 1.94. The van der Waals surface area contributed by atoms with Crippen LogP contribution in [0, 0.1) is 11.3 Å². The number of nitrogens with one attached hydrogen (secondary N) is 1. The number of hydrogen-bond acceptors (Lipinski definition) is 5. The molecule has 0 aliphatic rings. The number of halogens is 1.